The van der Waals surface area contributed by atoms with Crippen molar-refractivity contribution in [1.82, 2.24) is 0 Å². The highest BCUT2D eigenvalue weighted by molar-refractivity contribution is 7.17. The smallest absolute Gasteiger partial charge is 0.168 e. The molecule has 1 aromatic heterocycles. The molecular formula is C16H17NO2S. The van der Waals surface area contributed by atoms with Gasteiger partial charge in [0.1, 0.15) is 5.75 Å². The zero-order chi connectivity index (χ0) is 14.4. The molecule has 2 N–H and O–H groups in total. The lowest BCUT2D eigenvalue weighted by atomic mass is 9.95. The maximum atomic E-state index is 12.4. The van der Waals surface area contributed by atoms with Gasteiger partial charge < -0.3 is 10.5 Å². The molecule has 0 saturated heterocycles. The fourth-order valence-electron chi connectivity index (χ4n) is 2.68. The Morgan fingerprint density at radius 2 is 2.15 bits per heavy atom. The molecule has 3 rings (SSSR count). The lowest BCUT2D eigenvalue weighted by Crippen LogP contribution is -2.09. The van der Waals surface area contributed by atoms with Crippen LogP contribution in [0.2, 0.25) is 0 Å². The number of ketones is 1. The van der Waals surface area contributed by atoms with Crippen LogP contribution in [-0.4, -0.2) is 12.9 Å². The minimum atomic E-state index is -0.0503. The van der Waals surface area contributed by atoms with Gasteiger partial charge >= 0.3 is 0 Å². The summed E-state index contributed by atoms with van der Waals surface area (Å²) in [6.07, 6.45) is 0.856. The number of hydrogen-bond acceptors (Lipinski definition) is 4. The van der Waals surface area contributed by atoms with Crippen LogP contribution >= 0.6 is 11.3 Å². The van der Waals surface area contributed by atoms with E-state index in [1.807, 2.05) is 26.0 Å². The molecule has 104 valence electrons. The molecule has 0 saturated carbocycles. The number of fused-ring (bicyclic) bond motifs is 3. The van der Waals surface area contributed by atoms with Gasteiger partial charge in [0.05, 0.1) is 17.7 Å². The summed E-state index contributed by atoms with van der Waals surface area (Å²) in [5.41, 5.74) is 10.1. The largest absolute Gasteiger partial charge is 0.497 e. The number of hydrogen-bond donors (Lipinski definition) is 1. The molecule has 0 bridgehead atoms. The molecule has 0 radical (unpaired) electrons. The molecule has 1 aliphatic carbocycles. The van der Waals surface area contributed by atoms with Crippen molar-refractivity contribution in [3.05, 3.63) is 34.2 Å². The van der Waals surface area contributed by atoms with E-state index in [0.717, 1.165) is 23.3 Å². The van der Waals surface area contributed by atoms with Gasteiger partial charge in [0.15, 0.2) is 5.78 Å². The third-order valence-electron chi connectivity index (χ3n) is 3.72. The Hall–Kier alpha value is -1.81. The van der Waals surface area contributed by atoms with Crippen molar-refractivity contribution in [1.29, 1.82) is 0 Å². The summed E-state index contributed by atoms with van der Waals surface area (Å²) in [5, 5.41) is 0.641. The number of anilines is 1. The maximum absolute atomic E-state index is 12.4. The van der Waals surface area contributed by atoms with E-state index >= 15 is 0 Å². The minimum Gasteiger partial charge on any atom is -0.497 e. The highest BCUT2D eigenvalue weighted by Gasteiger charge is 2.30. The molecule has 1 aliphatic rings. The Labute approximate surface area is 122 Å². The summed E-state index contributed by atoms with van der Waals surface area (Å²) in [6.45, 7) is 3.82. The van der Waals surface area contributed by atoms with Gasteiger partial charge in [0.25, 0.3) is 0 Å². The van der Waals surface area contributed by atoms with Crippen molar-refractivity contribution < 1.29 is 9.53 Å². The summed E-state index contributed by atoms with van der Waals surface area (Å²) < 4.78 is 5.30. The number of ether oxygens (including phenoxy) is 1. The number of thiophene rings is 1. The van der Waals surface area contributed by atoms with Crippen LogP contribution in [0.1, 0.15) is 34.6 Å². The van der Waals surface area contributed by atoms with Gasteiger partial charge in [-0.15, -0.1) is 11.3 Å². The normalized spacial score (nSPS) is 12.4. The van der Waals surface area contributed by atoms with Gasteiger partial charge in [-0.1, -0.05) is 19.9 Å². The first-order valence-corrected chi connectivity index (χ1v) is 7.47. The summed E-state index contributed by atoms with van der Waals surface area (Å²) in [4.78, 5) is 13.6. The van der Waals surface area contributed by atoms with E-state index in [-0.39, 0.29) is 11.7 Å². The van der Waals surface area contributed by atoms with Crippen molar-refractivity contribution >= 4 is 22.1 Å². The summed E-state index contributed by atoms with van der Waals surface area (Å²) in [6, 6.07) is 6.04. The topological polar surface area (TPSA) is 52.3 Å². The van der Waals surface area contributed by atoms with Crippen LogP contribution in [0.25, 0.3) is 11.1 Å². The quantitative estimate of drug-likeness (QED) is 0.746. The molecular weight excluding hydrogens is 270 g/mol. The van der Waals surface area contributed by atoms with Gasteiger partial charge in [-0.25, -0.2) is 0 Å². The van der Waals surface area contributed by atoms with Crippen molar-refractivity contribution in [2.24, 2.45) is 5.92 Å². The molecule has 0 fully saturated rings. The monoisotopic (exact) mass is 287 g/mol. The third kappa shape index (κ3) is 1.83. The van der Waals surface area contributed by atoms with Gasteiger partial charge in [-0.2, -0.15) is 0 Å². The molecule has 0 aliphatic heterocycles. The molecule has 20 heavy (non-hydrogen) atoms. The summed E-state index contributed by atoms with van der Waals surface area (Å²) in [7, 11) is 1.65. The van der Waals surface area contributed by atoms with Crippen molar-refractivity contribution in [3.63, 3.8) is 0 Å². The van der Waals surface area contributed by atoms with Crippen LogP contribution in [0, 0.1) is 5.92 Å². The number of carbonyl (C=O) groups is 1. The van der Waals surface area contributed by atoms with E-state index in [1.54, 1.807) is 7.11 Å². The standard InChI is InChI=1S/C16H17NO2S/c1-8(2)15(18)14-13-11-7-10(19-3)5-4-9(11)6-12(13)20-16(14)17/h4-5,7-8H,6,17H2,1-3H3. The van der Waals surface area contributed by atoms with Crippen LogP contribution in [0.15, 0.2) is 18.2 Å². The first-order valence-electron chi connectivity index (χ1n) is 6.65. The zero-order valence-electron chi connectivity index (χ0n) is 11.8. The Morgan fingerprint density at radius 3 is 2.80 bits per heavy atom. The number of benzene rings is 1. The highest BCUT2D eigenvalue weighted by Crippen LogP contribution is 2.48. The maximum Gasteiger partial charge on any atom is 0.168 e. The average Bonchev–Trinajstić information content (AvgIpc) is 2.91. The number of carbonyl (C=O) groups excluding carboxylic acids is 1. The van der Waals surface area contributed by atoms with Gasteiger partial charge in [-0.3, -0.25) is 4.79 Å². The number of nitrogens with two attached hydrogens (primary N) is 1. The van der Waals surface area contributed by atoms with Crippen LogP contribution in [-0.2, 0) is 6.42 Å². The molecule has 2 aromatic rings. The second-order valence-electron chi connectivity index (χ2n) is 5.36. The van der Waals surface area contributed by atoms with Crippen molar-refractivity contribution in [3.8, 4) is 16.9 Å². The Balaban J connectivity index is 2.21. The van der Waals surface area contributed by atoms with E-state index in [0.29, 0.717) is 10.6 Å². The van der Waals surface area contributed by atoms with Crippen LogP contribution in [0.3, 0.4) is 0 Å². The molecule has 0 unspecified atom stereocenters. The summed E-state index contributed by atoms with van der Waals surface area (Å²) in [5.74, 6) is 0.880. The molecule has 1 heterocycles. The Bertz CT molecular complexity index is 701. The van der Waals surface area contributed by atoms with E-state index in [1.165, 1.54) is 21.8 Å². The number of Topliss-reactive ketones (excluding diaryl/α,β-unsaturated/α-hetero) is 1. The fourth-order valence-corrected chi connectivity index (χ4v) is 3.79. The number of methoxy groups -OCH3 is 1. The number of rotatable bonds is 3. The highest BCUT2D eigenvalue weighted by atomic mass is 32.1. The molecule has 3 nitrogen and oxygen atoms in total. The predicted octanol–water partition coefficient (Wildman–Crippen LogP) is 3.75. The molecule has 0 atom stereocenters. The van der Waals surface area contributed by atoms with Crippen molar-refractivity contribution in [2.75, 3.05) is 12.8 Å². The van der Waals surface area contributed by atoms with E-state index in [9.17, 15) is 4.79 Å². The Kier molecular flexibility index (Phi) is 3.05. The predicted molar refractivity (Wildman–Crippen MR) is 82.7 cm³/mol. The average molecular weight is 287 g/mol. The van der Waals surface area contributed by atoms with Gasteiger partial charge in [0, 0.05) is 22.8 Å². The summed E-state index contributed by atoms with van der Waals surface area (Å²) >= 11 is 1.54. The minimum absolute atomic E-state index is 0.0503. The van der Waals surface area contributed by atoms with Gasteiger partial charge in [-0.05, 0) is 23.3 Å². The fraction of sp³-hybridized carbons (Fsp3) is 0.312. The molecule has 1 aromatic carbocycles. The van der Waals surface area contributed by atoms with Crippen LogP contribution in [0.4, 0.5) is 5.00 Å². The first-order chi connectivity index (χ1) is 9.52. The molecule has 4 heteroatoms. The van der Waals surface area contributed by atoms with E-state index in [4.69, 9.17) is 10.5 Å². The van der Waals surface area contributed by atoms with Gasteiger partial charge in [0.2, 0.25) is 0 Å². The molecule has 0 amide bonds. The van der Waals surface area contributed by atoms with E-state index in [2.05, 4.69) is 6.07 Å². The number of nitrogen functional groups attached to an aromatic ring is 1. The first kappa shape index (κ1) is 13.2. The second kappa shape index (κ2) is 4.63. The second-order valence-corrected chi connectivity index (χ2v) is 6.50. The van der Waals surface area contributed by atoms with Crippen LogP contribution < -0.4 is 10.5 Å². The van der Waals surface area contributed by atoms with E-state index < -0.39 is 0 Å². The molecule has 0 spiro atoms. The lowest BCUT2D eigenvalue weighted by molar-refractivity contribution is 0.0941. The van der Waals surface area contributed by atoms with Crippen LogP contribution in [0.5, 0.6) is 5.75 Å². The third-order valence-corrected chi connectivity index (χ3v) is 4.74. The zero-order valence-corrected chi connectivity index (χ0v) is 12.6. The Morgan fingerprint density at radius 1 is 1.40 bits per heavy atom. The SMILES string of the molecule is COc1ccc2c(c1)-c1c(sc(N)c1C(=O)C(C)C)C2. The van der Waals surface area contributed by atoms with Crippen molar-refractivity contribution in [2.45, 2.75) is 20.3 Å². The lowest BCUT2D eigenvalue weighted by Gasteiger charge is -2.09.